The molecule has 1 aromatic carbocycles. The van der Waals surface area contributed by atoms with Gasteiger partial charge in [-0.1, -0.05) is 0 Å². The molecule has 1 atom stereocenters. The van der Waals surface area contributed by atoms with Gasteiger partial charge in [0, 0.05) is 11.6 Å². The van der Waals surface area contributed by atoms with Crippen LogP contribution >= 0.6 is 0 Å². The predicted molar refractivity (Wildman–Crippen MR) is 60.6 cm³/mol. The summed E-state index contributed by atoms with van der Waals surface area (Å²) in [4.78, 5) is 12.8. The van der Waals surface area contributed by atoms with E-state index >= 15 is 0 Å². The van der Waals surface area contributed by atoms with E-state index in [1.807, 2.05) is 0 Å². The number of hydrogen-bond acceptors (Lipinski definition) is 2. The number of H-pyrrole nitrogens is 1. The highest BCUT2D eigenvalue weighted by atomic mass is 19.4. The van der Waals surface area contributed by atoms with Crippen molar-refractivity contribution < 1.29 is 22.4 Å². The number of aromatic nitrogens is 1. The summed E-state index contributed by atoms with van der Waals surface area (Å²) in [5.74, 6) is -0.794. The maximum Gasteiger partial charge on any atom is 0.417 e. The second-order valence-corrected chi connectivity index (χ2v) is 4.09. The molecule has 101 valence electrons. The third kappa shape index (κ3) is 2.46. The van der Waals surface area contributed by atoms with E-state index in [9.17, 15) is 22.4 Å². The van der Waals surface area contributed by atoms with Gasteiger partial charge in [0.15, 0.2) is 0 Å². The summed E-state index contributed by atoms with van der Waals surface area (Å²) < 4.78 is 52.1. The van der Waals surface area contributed by atoms with Crippen LogP contribution in [-0.4, -0.2) is 17.3 Å². The lowest BCUT2D eigenvalue weighted by atomic mass is 10.0. The zero-order valence-electron chi connectivity index (χ0n) is 9.51. The summed E-state index contributed by atoms with van der Waals surface area (Å²) >= 11 is 0. The van der Waals surface area contributed by atoms with Crippen molar-refractivity contribution in [3.05, 3.63) is 35.3 Å². The lowest BCUT2D eigenvalue weighted by molar-refractivity contribution is -0.136. The van der Waals surface area contributed by atoms with Crippen LogP contribution in [0, 0.1) is 5.82 Å². The van der Waals surface area contributed by atoms with E-state index in [1.165, 1.54) is 12.5 Å². The number of aromatic amines is 1. The minimum absolute atomic E-state index is 0.137. The molecule has 3 nitrogen and oxygen atoms in total. The first-order valence-corrected chi connectivity index (χ1v) is 5.33. The number of fused-ring (bicyclic) bond motifs is 1. The van der Waals surface area contributed by atoms with Gasteiger partial charge in [-0.25, -0.2) is 4.39 Å². The number of rotatable bonds is 3. The van der Waals surface area contributed by atoms with Crippen molar-refractivity contribution in [2.45, 2.75) is 18.6 Å². The van der Waals surface area contributed by atoms with Gasteiger partial charge in [-0.15, -0.1) is 0 Å². The van der Waals surface area contributed by atoms with Crippen LogP contribution in [0.2, 0.25) is 0 Å². The molecule has 2 rings (SSSR count). The molecular formula is C12H9F4N2O. The molecule has 0 aliphatic carbocycles. The maximum atomic E-state index is 13.5. The van der Waals surface area contributed by atoms with E-state index in [-0.39, 0.29) is 22.9 Å². The van der Waals surface area contributed by atoms with Crippen molar-refractivity contribution in [3.63, 3.8) is 0 Å². The third-order valence-corrected chi connectivity index (χ3v) is 2.76. The Kier molecular flexibility index (Phi) is 3.32. The highest BCUT2D eigenvalue weighted by Gasteiger charge is 2.34. The largest absolute Gasteiger partial charge is 0.417 e. The van der Waals surface area contributed by atoms with Crippen LogP contribution in [0.25, 0.3) is 10.9 Å². The number of benzene rings is 1. The van der Waals surface area contributed by atoms with Crippen LogP contribution in [0.4, 0.5) is 17.6 Å². The quantitative estimate of drug-likeness (QED) is 0.843. The van der Waals surface area contributed by atoms with Gasteiger partial charge in [-0.05, 0) is 24.1 Å². The van der Waals surface area contributed by atoms with Gasteiger partial charge in [0.25, 0.3) is 0 Å². The van der Waals surface area contributed by atoms with Gasteiger partial charge in [0.1, 0.15) is 5.82 Å². The smallest absolute Gasteiger partial charge is 0.359 e. The van der Waals surface area contributed by atoms with Gasteiger partial charge in [0.2, 0.25) is 6.29 Å². The molecule has 0 unspecified atom stereocenters. The summed E-state index contributed by atoms with van der Waals surface area (Å²) in [5.41, 5.74) is 4.27. The Hall–Kier alpha value is -1.89. The molecule has 0 bridgehead atoms. The SMILES string of the molecule is N[C@H]([C]=O)Cc1c[nH]c2c(F)ccc(C(F)(F)F)c12. The molecule has 1 radical (unpaired) electrons. The van der Waals surface area contributed by atoms with Gasteiger partial charge in [-0.3, -0.25) is 4.79 Å². The minimum atomic E-state index is -4.61. The summed E-state index contributed by atoms with van der Waals surface area (Å²) in [6.45, 7) is 0. The fraction of sp³-hybridized carbons (Fsp3) is 0.250. The van der Waals surface area contributed by atoms with Gasteiger partial charge >= 0.3 is 6.18 Å². The van der Waals surface area contributed by atoms with Crippen LogP contribution in [0.5, 0.6) is 0 Å². The highest BCUT2D eigenvalue weighted by Crippen LogP contribution is 2.37. The standard InChI is InChI=1S/C12H9F4N2O/c13-9-2-1-8(12(14,15)16)10-6(3-7(17)5-19)4-18-11(9)10/h1-2,4,7,18H,3,17H2/t7-/m0/s1. The molecule has 0 fully saturated rings. The lowest BCUT2D eigenvalue weighted by Gasteiger charge is -2.10. The van der Waals surface area contributed by atoms with Crippen LogP contribution < -0.4 is 5.73 Å². The van der Waals surface area contributed by atoms with Crippen LogP contribution in [0.15, 0.2) is 18.3 Å². The Bertz CT molecular complexity index is 618. The molecule has 0 saturated carbocycles. The van der Waals surface area contributed by atoms with Crippen molar-refractivity contribution in [1.82, 2.24) is 4.98 Å². The van der Waals surface area contributed by atoms with Crippen LogP contribution in [-0.2, 0) is 17.4 Å². The molecule has 0 aliphatic rings. The zero-order valence-corrected chi connectivity index (χ0v) is 9.51. The first kappa shape index (κ1) is 13.5. The zero-order chi connectivity index (χ0) is 14.2. The number of nitrogens with two attached hydrogens (primary N) is 1. The molecule has 0 aliphatic heterocycles. The fourth-order valence-electron chi connectivity index (χ4n) is 1.96. The lowest BCUT2D eigenvalue weighted by Crippen LogP contribution is -2.24. The molecule has 0 saturated heterocycles. The predicted octanol–water partition coefficient (Wildman–Crippen LogP) is 2.31. The highest BCUT2D eigenvalue weighted by molar-refractivity contribution is 5.88. The van der Waals surface area contributed by atoms with Crippen molar-refractivity contribution >= 4 is 17.2 Å². The molecule has 7 heteroatoms. The molecule has 19 heavy (non-hydrogen) atoms. The Labute approximate surface area is 105 Å². The molecule has 0 amide bonds. The summed E-state index contributed by atoms with van der Waals surface area (Å²) in [5, 5.41) is -0.293. The summed E-state index contributed by atoms with van der Waals surface area (Å²) in [7, 11) is 0. The van der Waals surface area contributed by atoms with Crippen molar-refractivity contribution in [1.29, 1.82) is 0 Å². The van der Waals surface area contributed by atoms with E-state index in [2.05, 4.69) is 4.98 Å². The molecular weight excluding hydrogens is 264 g/mol. The average Bonchev–Trinajstić information content (AvgIpc) is 2.73. The summed E-state index contributed by atoms with van der Waals surface area (Å²) in [6, 6.07) is 0.367. The second kappa shape index (κ2) is 4.65. The summed E-state index contributed by atoms with van der Waals surface area (Å²) in [6.07, 6.45) is -2.05. The second-order valence-electron chi connectivity index (χ2n) is 4.09. The average molecular weight is 273 g/mol. The number of carbonyl (C=O) groups excluding carboxylic acids is 1. The van der Waals surface area contributed by atoms with E-state index in [0.29, 0.717) is 6.07 Å². The number of hydrogen-bond donors (Lipinski definition) is 2. The fourth-order valence-corrected chi connectivity index (χ4v) is 1.96. The van der Waals surface area contributed by atoms with Crippen molar-refractivity contribution in [2.24, 2.45) is 5.73 Å². The number of nitrogens with one attached hydrogen (secondary N) is 1. The minimum Gasteiger partial charge on any atom is -0.359 e. The molecule has 0 spiro atoms. The normalized spacial score (nSPS) is 13.7. The first-order chi connectivity index (χ1) is 8.84. The van der Waals surface area contributed by atoms with Gasteiger partial charge in [-0.2, -0.15) is 13.2 Å². The van der Waals surface area contributed by atoms with Crippen molar-refractivity contribution in [2.75, 3.05) is 0 Å². The first-order valence-electron chi connectivity index (χ1n) is 5.33. The van der Waals surface area contributed by atoms with E-state index in [4.69, 9.17) is 5.73 Å². The number of alkyl halides is 3. The topological polar surface area (TPSA) is 58.9 Å². The number of halogens is 4. The van der Waals surface area contributed by atoms with E-state index in [0.717, 1.165) is 6.07 Å². The maximum absolute atomic E-state index is 13.5. The monoisotopic (exact) mass is 273 g/mol. The van der Waals surface area contributed by atoms with Crippen LogP contribution in [0.3, 0.4) is 0 Å². The Balaban J connectivity index is 2.67. The van der Waals surface area contributed by atoms with Gasteiger partial charge < -0.3 is 10.7 Å². The Morgan fingerprint density at radius 1 is 1.37 bits per heavy atom. The van der Waals surface area contributed by atoms with Crippen LogP contribution in [0.1, 0.15) is 11.1 Å². The Morgan fingerprint density at radius 3 is 2.63 bits per heavy atom. The molecule has 3 N–H and O–H groups in total. The molecule has 1 heterocycles. The van der Waals surface area contributed by atoms with E-state index in [1.54, 1.807) is 0 Å². The van der Waals surface area contributed by atoms with E-state index < -0.39 is 23.6 Å². The Morgan fingerprint density at radius 2 is 2.05 bits per heavy atom. The van der Waals surface area contributed by atoms with Gasteiger partial charge in [0.05, 0.1) is 17.1 Å². The van der Waals surface area contributed by atoms with Crippen molar-refractivity contribution in [3.8, 4) is 0 Å². The molecule has 2 aromatic rings. The third-order valence-electron chi connectivity index (χ3n) is 2.76. The molecule has 1 aromatic heterocycles.